The summed E-state index contributed by atoms with van der Waals surface area (Å²) in [6, 6.07) is 31.0. The molecular formula is C36H41N3O5. The zero-order chi connectivity index (χ0) is 31.5. The lowest BCUT2D eigenvalue weighted by atomic mass is 9.88. The number of nitrogens with two attached hydrogens (primary N) is 1. The molecule has 8 heteroatoms. The second-order valence-corrected chi connectivity index (χ2v) is 10.8. The highest BCUT2D eigenvalue weighted by Crippen LogP contribution is 2.33. The molecule has 4 rings (SSSR count). The van der Waals surface area contributed by atoms with Gasteiger partial charge in [-0.3, -0.25) is 15.5 Å². The van der Waals surface area contributed by atoms with Gasteiger partial charge in [0.2, 0.25) is 0 Å². The molecule has 0 radical (unpaired) electrons. The number of aryl methyl sites for hydroxylation is 1. The van der Waals surface area contributed by atoms with E-state index in [4.69, 9.17) is 25.4 Å². The molecule has 0 heterocycles. The molecule has 3 unspecified atom stereocenters. The summed E-state index contributed by atoms with van der Waals surface area (Å²) in [5.74, 6) is 0.773. The number of ether oxygens (including phenoxy) is 3. The molecule has 0 aliphatic rings. The fourth-order valence-electron chi connectivity index (χ4n) is 5.30. The van der Waals surface area contributed by atoms with Gasteiger partial charge in [-0.2, -0.15) is 0 Å². The first-order valence-electron chi connectivity index (χ1n) is 14.6. The number of nitrogen functional groups attached to an aromatic ring is 1. The Hall–Kier alpha value is -4.66. The number of carbonyl (C=O) groups is 1. The summed E-state index contributed by atoms with van der Waals surface area (Å²) < 4.78 is 16.3. The highest BCUT2D eigenvalue weighted by atomic mass is 16.5. The number of esters is 1. The summed E-state index contributed by atoms with van der Waals surface area (Å²) in [4.78, 5) is 11.9. The van der Waals surface area contributed by atoms with E-state index in [2.05, 4.69) is 17.4 Å². The second kappa shape index (κ2) is 15.7. The van der Waals surface area contributed by atoms with Crippen LogP contribution in [0.2, 0.25) is 0 Å². The smallest absolute Gasteiger partial charge is 0.302 e. The molecule has 4 aromatic rings. The van der Waals surface area contributed by atoms with E-state index >= 15 is 0 Å². The Morgan fingerprint density at radius 3 is 2.20 bits per heavy atom. The molecule has 0 spiro atoms. The largest absolute Gasteiger partial charge is 0.493 e. The number of carbonyl (C=O) groups excluding carboxylic acids is 1. The van der Waals surface area contributed by atoms with Crippen LogP contribution < -0.4 is 20.5 Å². The molecule has 3 atom stereocenters. The lowest BCUT2D eigenvalue weighted by Gasteiger charge is -2.31. The van der Waals surface area contributed by atoms with Gasteiger partial charge in [0, 0.05) is 24.4 Å². The lowest BCUT2D eigenvalue weighted by molar-refractivity contribution is -0.142. The Morgan fingerprint density at radius 2 is 1.55 bits per heavy atom. The van der Waals surface area contributed by atoms with Gasteiger partial charge in [0.05, 0.1) is 20.8 Å². The molecule has 8 nitrogen and oxygen atoms in total. The van der Waals surface area contributed by atoms with Crippen LogP contribution in [0.1, 0.15) is 41.8 Å². The zero-order valence-corrected chi connectivity index (χ0v) is 25.5. The van der Waals surface area contributed by atoms with Crippen LogP contribution in [0, 0.1) is 11.3 Å². The van der Waals surface area contributed by atoms with Crippen molar-refractivity contribution in [1.82, 2.24) is 5.32 Å². The summed E-state index contributed by atoms with van der Waals surface area (Å²) in [6.45, 7) is 1.58. The highest BCUT2D eigenvalue weighted by molar-refractivity contribution is 5.95. The van der Waals surface area contributed by atoms with Crippen LogP contribution in [-0.4, -0.2) is 43.8 Å². The molecule has 5 N–H and O–H groups in total. The van der Waals surface area contributed by atoms with E-state index in [1.54, 1.807) is 20.3 Å². The Bertz CT molecular complexity index is 1520. The van der Waals surface area contributed by atoms with Crippen molar-refractivity contribution < 1.29 is 24.1 Å². The molecular weight excluding hydrogens is 554 g/mol. The van der Waals surface area contributed by atoms with E-state index in [-0.39, 0.29) is 30.4 Å². The summed E-state index contributed by atoms with van der Waals surface area (Å²) in [5.41, 5.74) is 11.2. The normalized spacial score (nSPS) is 13.0. The lowest BCUT2D eigenvalue weighted by Crippen LogP contribution is -2.42. The van der Waals surface area contributed by atoms with Crippen molar-refractivity contribution in [3.8, 4) is 22.6 Å². The number of methoxy groups -OCH3 is 2. The van der Waals surface area contributed by atoms with Crippen molar-refractivity contribution in [3.05, 3.63) is 119 Å². The monoisotopic (exact) mass is 595 g/mol. The molecule has 230 valence electrons. The Labute approximate surface area is 259 Å². The van der Waals surface area contributed by atoms with Gasteiger partial charge in [0.25, 0.3) is 0 Å². The average Bonchev–Trinajstić information content (AvgIpc) is 3.05. The predicted molar refractivity (Wildman–Crippen MR) is 173 cm³/mol. The molecule has 0 aliphatic heterocycles. The minimum Gasteiger partial charge on any atom is -0.493 e. The van der Waals surface area contributed by atoms with Crippen molar-refractivity contribution in [3.63, 3.8) is 0 Å². The predicted octanol–water partition coefficient (Wildman–Crippen LogP) is 5.66. The number of aliphatic hydroxyl groups is 1. The maximum absolute atomic E-state index is 11.9. The van der Waals surface area contributed by atoms with Gasteiger partial charge >= 0.3 is 5.97 Å². The van der Waals surface area contributed by atoms with E-state index in [1.165, 1.54) is 12.5 Å². The van der Waals surface area contributed by atoms with E-state index < -0.39 is 6.23 Å². The molecule has 4 aromatic carbocycles. The van der Waals surface area contributed by atoms with Crippen LogP contribution in [0.25, 0.3) is 11.1 Å². The maximum Gasteiger partial charge on any atom is 0.302 e. The molecule has 0 aromatic heterocycles. The van der Waals surface area contributed by atoms with Crippen molar-refractivity contribution in [2.75, 3.05) is 20.8 Å². The Kier molecular flexibility index (Phi) is 11.5. The Morgan fingerprint density at radius 1 is 0.864 bits per heavy atom. The van der Waals surface area contributed by atoms with Crippen LogP contribution in [0.3, 0.4) is 0 Å². The van der Waals surface area contributed by atoms with Gasteiger partial charge in [-0.1, -0.05) is 78.9 Å². The molecule has 0 saturated heterocycles. The number of benzene rings is 4. The van der Waals surface area contributed by atoms with Gasteiger partial charge in [0.1, 0.15) is 12.1 Å². The summed E-state index contributed by atoms with van der Waals surface area (Å²) in [7, 11) is 3.21. The van der Waals surface area contributed by atoms with Gasteiger partial charge in [0.15, 0.2) is 11.5 Å². The molecule has 44 heavy (non-hydrogen) atoms. The third-order valence-corrected chi connectivity index (χ3v) is 7.71. The van der Waals surface area contributed by atoms with E-state index in [0.29, 0.717) is 35.5 Å². The zero-order valence-electron chi connectivity index (χ0n) is 25.5. The molecule has 0 saturated carbocycles. The standard InChI is InChI=1S/C36H41N3O5/c1-24(40)44-23-31(21-26-10-7-11-30(20-26)35(37)38)32(18-12-25-8-5-4-6-9-25)39-36(41)28-15-13-27(14-16-28)29-17-19-33(42-2)34(22-29)43-3/h4-11,13-17,19-20,22,31-32,36,39,41H,12,18,21,23H2,1-3H3,(H3,37,38). The highest BCUT2D eigenvalue weighted by Gasteiger charge is 2.26. The topological polar surface area (TPSA) is 127 Å². The van der Waals surface area contributed by atoms with Crippen molar-refractivity contribution in [2.24, 2.45) is 11.7 Å². The SMILES string of the molecule is COc1ccc(-c2ccc(C(O)NC(CCc3ccccc3)C(COC(C)=O)Cc3cccc(C(=N)N)c3)cc2)cc1OC. The van der Waals surface area contributed by atoms with Crippen molar-refractivity contribution >= 4 is 11.8 Å². The first-order chi connectivity index (χ1) is 21.3. The number of amidine groups is 1. The third-order valence-electron chi connectivity index (χ3n) is 7.71. The first-order valence-corrected chi connectivity index (χ1v) is 14.6. The van der Waals surface area contributed by atoms with Crippen LogP contribution in [0.4, 0.5) is 0 Å². The minimum absolute atomic E-state index is 0.00547. The van der Waals surface area contributed by atoms with E-state index in [0.717, 1.165) is 23.1 Å². The van der Waals surface area contributed by atoms with Crippen LogP contribution in [-0.2, 0) is 22.4 Å². The quantitative estimate of drug-likeness (QED) is 0.0605. The number of rotatable bonds is 15. The fourth-order valence-corrected chi connectivity index (χ4v) is 5.30. The summed E-state index contributed by atoms with van der Waals surface area (Å²) in [5, 5.41) is 22.7. The molecule has 0 bridgehead atoms. The number of hydrogen-bond acceptors (Lipinski definition) is 7. The van der Waals surface area contributed by atoms with Gasteiger partial charge in [-0.15, -0.1) is 0 Å². The van der Waals surface area contributed by atoms with E-state index in [9.17, 15) is 9.90 Å². The van der Waals surface area contributed by atoms with Crippen molar-refractivity contribution in [1.29, 1.82) is 5.41 Å². The van der Waals surface area contributed by atoms with Crippen LogP contribution in [0.5, 0.6) is 11.5 Å². The van der Waals surface area contributed by atoms with Crippen LogP contribution in [0.15, 0.2) is 97.1 Å². The van der Waals surface area contributed by atoms with E-state index in [1.807, 2.05) is 78.9 Å². The fraction of sp³-hybridized carbons (Fsp3) is 0.278. The van der Waals surface area contributed by atoms with Gasteiger partial charge in [-0.05, 0) is 65.3 Å². The van der Waals surface area contributed by atoms with Crippen molar-refractivity contribution in [2.45, 2.75) is 38.5 Å². The minimum atomic E-state index is -0.960. The first kappa shape index (κ1) is 32.3. The Balaban J connectivity index is 1.58. The summed E-state index contributed by atoms with van der Waals surface area (Å²) >= 11 is 0. The molecule has 0 aliphatic carbocycles. The third kappa shape index (κ3) is 8.92. The molecule has 0 fully saturated rings. The van der Waals surface area contributed by atoms with Gasteiger partial charge < -0.3 is 25.1 Å². The maximum atomic E-state index is 11.9. The number of aliphatic hydroxyl groups excluding tert-OH is 1. The second-order valence-electron chi connectivity index (χ2n) is 10.8. The average molecular weight is 596 g/mol. The van der Waals surface area contributed by atoms with Crippen LogP contribution >= 0.6 is 0 Å². The number of hydrogen-bond donors (Lipinski definition) is 4. The number of nitrogens with one attached hydrogen (secondary N) is 2. The molecule has 0 amide bonds. The van der Waals surface area contributed by atoms with Gasteiger partial charge in [-0.25, -0.2) is 0 Å². The summed E-state index contributed by atoms with van der Waals surface area (Å²) in [6.07, 6.45) is 1.07.